The van der Waals surface area contributed by atoms with E-state index in [-0.39, 0.29) is 10.9 Å². The summed E-state index contributed by atoms with van der Waals surface area (Å²) in [4.78, 5) is 0.158. The molecule has 0 saturated carbocycles. The van der Waals surface area contributed by atoms with Gasteiger partial charge in [-0.05, 0) is 57.4 Å². The maximum Gasteiger partial charge on any atom is 0.240 e. The van der Waals surface area contributed by atoms with Crippen molar-refractivity contribution in [1.82, 2.24) is 4.72 Å². The summed E-state index contributed by atoms with van der Waals surface area (Å²) in [5.74, 6) is 0. The van der Waals surface area contributed by atoms with Gasteiger partial charge in [0.05, 0.1) is 11.0 Å². The van der Waals surface area contributed by atoms with Crippen molar-refractivity contribution in [3.63, 3.8) is 0 Å². The predicted octanol–water partition coefficient (Wildman–Crippen LogP) is 1.32. The molecule has 2 atom stereocenters. The summed E-state index contributed by atoms with van der Waals surface area (Å²) in [5, 5.41) is 9.26. The number of nitrogen functional groups attached to an aromatic ring is 1. The van der Waals surface area contributed by atoms with E-state index in [0.717, 1.165) is 11.1 Å². The Labute approximate surface area is 114 Å². The highest BCUT2D eigenvalue weighted by atomic mass is 32.2. The lowest BCUT2D eigenvalue weighted by molar-refractivity contribution is 0.175. The molecule has 0 aliphatic rings. The van der Waals surface area contributed by atoms with Crippen LogP contribution in [-0.2, 0) is 10.0 Å². The Morgan fingerprint density at radius 1 is 1.32 bits per heavy atom. The molecule has 0 saturated heterocycles. The van der Waals surface area contributed by atoms with Gasteiger partial charge in [-0.3, -0.25) is 0 Å². The van der Waals surface area contributed by atoms with Gasteiger partial charge in [-0.15, -0.1) is 0 Å². The number of aryl methyl sites for hydroxylation is 1. The number of aliphatic hydroxyl groups is 1. The number of sulfonamides is 1. The standard InChI is InChI=1S/C13H22N2O3S/c1-8-5-12(7-13(14)11(8)4)19(17,18)15-9(2)6-10(3)16/h5,7,9-10,15-16H,6,14H2,1-4H3. The third-order valence-corrected chi connectivity index (χ3v) is 4.61. The quantitative estimate of drug-likeness (QED) is 0.712. The molecule has 6 heteroatoms. The topological polar surface area (TPSA) is 92.4 Å². The van der Waals surface area contributed by atoms with Gasteiger partial charge in [-0.25, -0.2) is 13.1 Å². The van der Waals surface area contributed by atoms with E-state index in [9.17, 15) is 13.5 Å². The third kappa shape index (κ3) is 4.19. The van der Waals surface area contributed by atoms with Crippen molar-refractivity contribution >= 4 is 15.7 Å². The van der Waals surface area contributed by atoms with Gasteiger partial charge in [-0.1, -0.05) is 0 Å². The van der Waals surface area contributed by atoms with Crippen LogP contribution >= 0.6 is 0 Å². The van der Waals surface area contributed by atoms with Crippen LogP contribution in [0.3, 0.4) is 0 Å². The number of hydrogen-bond acceptors (Lipinski definition) is 4. The molecule has 5 nitrogen and oxygen atoms in total. The van der Waals surface area contributed by atoms with Crippen LogP contribution in [0.25, 0.3) is 0 Å². The van der Waals surface area contributed by atoms with E-state index >= 15 is 0 Å². The first-order valence-corrected chi connectivity index (χ1v) is 7.69. The van der Waals surface area contributed by atoms with Crippen LogP contribution < -0.4 is 10.5 Å². The molecule has 108 valence electrons. The Kier molecular flexibility index (Phi) is 4.95. The molecule has 19 heavy (non-hydrogen) atoms. The molecule has 4 N–H and O–H groups in total. The molecular weight excluding hydrogens is 264 g/mol. The van der Waals surface area contributed by atoms with E-state index < -0.39 is 16.1 Å². The molecule has 1 rings (SSSR count). The first-order chi connectivity index (χ1) is 8.63. The zero-order chi connectivity index (χ0) is 14.8. The predicted molar refractivity (Wildman–Crippen MR) is 76.4 cm³/mol. The minimum Gasteiger partial charge on any atom is -0.398 e. The molecule has 0 fully saturated rings. The average molecular weight is 286 g/mol. The van der Waals surface area contributed by atoms with E-state index in [0.29, 0.717) is 12.1 Å². The normalized spacial score (nSPS) is 15.2. The molecule has 0 radical (unpaired) electrons. The smallest absolute Gasteiger partial charge is 0.240 e. The fourth-order valence-corrected chi connectivity index (χ4v) is 3.28. The zero-order valence-electron chi connectivity index (χ0n) is 11.8. The lowest BCUT2D eigenvalue weighted by Crippen LogP contribution is -2.34. The van der Waals surface area contributed by atoms with Crippen LogP contribution in [0.5, 0.6) is 0 Å². The molecule has 0 spiro atoms. The van der Waals surface area contributed by atoms with Crippen molar-refractivity contribution < 1.29 is 13.5 Å². The highest BCUT2D eigenvalue weighted by Gasteiger charge is 2.19. The number of nitrogens with two attached hydrogens (primary N) is 1. The second-order valence-corrected chi connectivity index (χ2v) is 6.78. The fraction of sp³-hybridized carbons (Fsp3) is 0.538. The van der Waals surface area contributed by atoms with Crippen LogP contribution in [0.2, 0.25) is 0 Å². The summed E-state index contributed by atoms with van der Waals surface area (Å²) < 4.78 is 26.9. The number of rotatable bonds is 5. The van der Waals surface area contributed by atoms with E-state index in [1.165, 1.54) is 6.07 Å². The Bertz CT molecular complexity index is 530. The van der Waals surface area contributed by atoms with E-state index in [4.69, 9.17) is 5.73 Å². The van der Waals surface area contributed by atoms with Crippen LogP contribution in [0.1, 0.15) is 31.4 Å². The van der Waals surface area contributed by atoms with Gasteiger partial charge < -0.3 is 10.8 Å². The van der Waals surface area contributed by atoms with Crippen LogP contribution in [0, 0.1) is 13.8 Å². The molecule has 0 aliphatic carbocycles. The molecule has 0 heterocycles. The van der Waals surface area contributed by atoms with Gasteiger partial charge in [0.1, 0.15) is 0 Å². The van der Waals surface area contributed by atoms with Crippen molar-refractivity contribution in [2.45, 2.75) is 51.2 Å². The summed E-state index contributed by atoms with van der Waals surface area (Å²) in [6.07, 6.45) is -0.193. The fourth-order valence-electron chi connectivity index (χ4n) is 1.90. The van der Waals surface area contributed by atoms with Gasteiger partial charge in [0.25, 0.3) is 0 Å². The van der Waals surface area contributed by atoms with Crippen molar-refractivity contribution in [1.29, 1.82) is 0 Å². The van der Waals surface area contributed by atoms with Gasteiger partial charge >= 0.3 is 0 Å². The lowest BCUT2D eigenvalue weighted by Gasteiger charge is -2.16. The minimum atomic E-state index is -3.61. The molecular formula is C13H22N2O3S. The van der Waals surface area contributed by atoms with E-state index in [1.807, 2.05) is 13.8 Å². The van der Waals surface area contributed by atoms with E-state index in [2.05, 4.69) is 4.72 Å². The van der Waals surface area contributed by atoms with Gasteiger partial charge in [-0.2, -0.15) is 0 Å². The lowest BCUT2D eigenvalue weighted by atomic mass is 10.1. The molecule has 1 aromatic carbocycles. The Hall–Kier alpha value is -1.11. The van der Waals surface area contributed by atoms with Gasteiger partial charge in [0.2, 0.25) is 10.0 Å². The first kappa shape index (κ1) is 15.9. The Balaban J connectivity index is 3.01. The molecule has 2 unspecified atom stereocenters. The van der Waals surface area contributed by atoms with Crippen molar-refractivity contribution in [3.8, 4) is 0 Å². The third-order valence-electron chi connectivity index (χ3n) is 3.04. The maximum atomic E-state index is 12.2. The number of hydrogen-bond donors (Lipinski definition) is 3. The molecule has 1 aromatic rings. The molecule has 0 aromatic heterocycles. The second kappa shape index (κ2) is 5.90. The van der Waals surface area contributed by atoms with Crippen molar-refractivity contribution in [2.75, 3.05) is 5.73 Å². The summed E-state index contributed by atoms with van der Waals surface area (Å²) in [6.45, 7) is 7.02. The number of anilines is 1. The largest absolute Gasteiger partial charge is 0.398 e. The van der Waals surface area contributed by atoms with Crippen LogP contribution in [0.4, 0.5) is 5.69 Å². The number of benzene rings is 1. The molecule has 0 amide bonds. The number of aliphatic hydroxyl groups excluding tert-OH is 1. The highest BCUT2D eigenvalue weighted by Crippen LogP contribution is 2.21. The molecule has 0 aliphatic heterocycles. The monoisotopic (exact) mass is 286 g/mol. The second-order valence-electron chi connectivity index (χ2n) is 5.06. The summed E-state index contributed by atoms with van der Waals surface area (Å²) in [6, 6.07) is 2.72. The summed E-state index contributed by atoms with van der Waals surface area (Å²) >= 11 is 0. The van der Waals surface area contributed by atoms with Gasteiger partial charge in [0, 0.05) is 11.7 Å². The van der Waals surface area contributed by atoms with Crippen molar-refractivity contribution in [2.24, 2.45) is 0 Å². The SMILES string of the molecule is Cc1cc(S(=O)(=O)NC(C)CC(C)O)cc(N)c1C. The maximum absolute atomic E-state index is 12.2. The average Bonchev–Trinajstić information content (AvgIpc) is 2.22. The Morgan fingerprint density at radius 3 is 2.37 bits per heavy atom. The van der Waals surface area contributed by atoms with Crippen molar-refractivity contribution in [3.05, 3.63) is 23.3 Å². The zero-order valence-corrected chi connectivity index (χ0v) is 12.6. The summed E-state index contributed by atoms with van der Waals surface area (Å²) in [7, 11) is -3.61. The summed E-state index contributed by atoms with van der Waals surface area (Å²) in [5.41, 5.74) is 7.98. The van der Waals surface area contributed by atoms with Gasteiger partial charge in [0.15, 0.2) is 0 Å². The minimum absolute atomic E-state index is 0.158. The molecule has 0 bridgehead atoms. The highest BCUT2D eigenvalue weighted by molar-refractivity contribution is 7.89. The van der Waals surface area contributed by atoms with Crippen LogP contribution in [-0.4, -0.2) is 25.7 Å². The first-order valence-electron chi connectivity index (χ1n) is 6.20. The van der Waals surface area contributed by atoms with Crippen LogP contribution in [0.15, 0.2) is 17.0 Å². The number of nitrogens with one attached hydrogen (secondary N) is 1. The van der Waals surface area contributed by atoms with E-state index in [1.54, 1.807) is 19.9 Å². The Morgan fingerprint density at radius 2 is 1.89 bits per heavy atom.